The molecule has 8 heteroatoms. The average molecular weight is 418 g/mol. The Labute approximate surface area is 153 Å². The van der Waals surface area contributed by atoms with Gasteiger partial charge in [-0.3, -0.25) is 9.69 Å². The van der Waals surface area contributed by atoms with Gasteiger partial charge in [0.2, 0.25) is 0 Å². The van der Waals surface area contributed by atoms with Gasteiger partial charge >= 0.3 is 0 Å². The van der Waals surface area contributed by atoms with Crippen molar-refractivity contribution in [2.75, 3.05) is 34.5 Å². The number of ether oxygens (including phenoxy) is 3. The van der Waals surface area contributed by atoms with Gasteiger partial charge in [0, 0.05) is 18.7 Å². The number of thiocarbonyl (C=S) groups is 1. The minimum Gasteiger partial charge on any atom is -0.496 e. The van der Waals surface area contributed by atoms with E-state index in [-0.39, 0.29) is 5.91 Å². The van der Waals surface area contributed by atoms with Crippen LogP contribution in [0.3, 0.4) is 0 Å². The van der Waals surface area contributed by atoms with Crippen molar-refractivity contribution in [3.8, 4) is 11.5 Å². The van der Waals surface area contributed by atoms with E-state index in [0.717, 1.165) is 10.0 Å². The maximum atomic E-state index is 12.5. The molecular weight excluding hydrogens is 402 g/mol. The maximum Gasteiger partial charge on any atom is 0.266 e. The molecule has 23 heavy (non-hydrogen) atoms. The molecule has 1 aliphatic rings. The zero-order chi connectivity index (χ0) is 17.0. The lowest BCUT2D eigenvalue weighted by Crippen LogP contribution is -2.31. The highest BCUT2D eigenvalue weighted by Gasteiger charge is 2.31. The summed E-state index contributed by atoms with van der Waals surface area (Å²) in [5, 5.41) is 0. The summed E-state index contributed by atoms with van der Waals surface area (Å²) in [6, 6.07) is 3.61. The van der Waals surface area contributed by atoms with E-state index in [1.807, 2.05) is 6.07 Å². The van der Waals surface area contributed by atoms with Gasteiger partial charge in [-0.05, 0) is 28.1 Å². The lowest BCUT2D eigenvalue weighted by Gasteiger charge is -2.13. The number of thioether (sulfide) groups is 1. The molecule has 1 fully saturated rings. The molecule has 1 saturated heterocycles. The summed E-state index contributed by atoms with van der Waals surface area (Å²) < 4.78 is 16.9. The number of hydrogen-bond acceptors (Lipinski definition) is 6. The van der Waals surface area contributed by atoms with Crippen molar-refractivity contribution in [2.24, 2.45) is 0 Å². The summed E-state index contributed by atoms with van der Waals surface area (Å²) in [6.45, 7) is 0.888. The van der Waals surface area contributed by atoms with Gasteiger partial charge in [-0.25, -0.2) is 0 Å². The van der Waals surface area contributed by atoms with Gasteiger partial charge in [-0.15, -0.1) is 0 Å². The van der Waals surface area contributed by atoms with E-state index in [0.29, 0.717) is 33.9 Å². The van der Waals surface area contributed by atoms with Crippen LogP contribution in [-0.4, -0.2) is 49.6 Å². The molecule has 1 aromatic carbocycles. The van der Waals surface area contributed by atoms with E-state index >= 15 is 0 Å². The summed E-state index contributed by atoms with van der Waals surface area (Å²) in [6.07, 6.45) is 1.77. The maximum absolute atomic E-state index is 12.5. The van der Waals surface area contributed by atoms with Crippen LogP contribution in [-0.2, 0) is 9.53 Å². The molecule has 1 aromatic rings. The van der Waals surface area contributed by atoms with Crippen molar-refractivity contribution in [3.63, 3.8) is 0 Å². The monoisotopic (exact) mass is 417 g/mol. The third-order valence-electron chi connectivity index (χ3n) is 3.18. The summed E-state index contributed by atoms with van der Waals surface area (Å²) in [5.41, 5.74) is 0.771. The van der Waals surface area contributed by atoms with Crippen molar-refractivity contribution in [2.45, 2.75) is 0 Å². The Morgan fingerprint density at radius 1 is 1.26 bits per heavy atom. The number of carbonyl (C=O) groups is 1. The van der Waals surface area contributed by atoms with Crippen LogP contribution in [0.1, 0.15) is 5.56 Å². The quantitative estimate of drug-likeness (QED) is 0.522. The zero-order valence-electron chi connectivity index (χ0n) is 12.9. The number of hydrogen-bond donors (Lipinski definition) is 0. The van der Waals surface area contributed by atoms with Crippen molar-refractivity contribution in [1.82, 2.24) is 4.90 Å². The number of halogens is 1. The largest absolute Gasteiger partial charge is 0.496 e. The molecule has 0 atom stereocenters. The van der Waals surface area contributed by atoms with Gasteiger partial charge < -0.3 is 14.2 Å². The molecule has 0 aliphatic carbocycles. The SMILES string of the molecule is COCCN1C(=O)/C(=C/c2cc(Br)c(OC)cc2OC)SC1=S. The van der Waals surface area contributed by atoms with Crippen molar-refractivity contribution >= 4 is 56.2 Å². The van der Waals surface area contributed by atoms with Gasteiger partial charge in [0.15, 0.2) is 0 Å². The molecule has 1 heterocycles. The first-order chi connectivity index (χ1) is 11.0. The number of methoxy groups -OCH3 is 3. The average Bonchev–Trinajstić information content (AvgIpc) is 2.79. The van der Waals surface area contributed by atoms with Crippen LogP contribution in [0, 0.1) is 0 Å². The van der Waals surface area contributed by atoms with Crippen molar-refractivity contribution in [3.05, 3.63) is 27.1 Å². The minimum atomic E-state index is -0.119. The van der Waals surface area contributed by atoms with E-state index in [1.165, 1.54) is 11.8 Å². The first-order valence-electron chi connectivity index (χ1n) is 6.67. The van der Waals surface area contributed by atoms with E-state index in [9.17, 15) is 4.79 Å². The smallest absolute Gasteiger partial charge is 0.266 e. The first-order valence-corrected chi connectivity index (χ1v) is 8.69. The fourth-order valence-electron chi connectivity index (χ4n) is 2.01. The minimum absolute atomic E-state index is 0.119. The molecule has 0 N–H and O–H groups in total. The lowest BCUT2D eigenvalue weighted by molar-refractivity contribution is -0.122. The van der Waals surface area contributed by atoms with Gasteiger partial charge in [-0.1, -0.05) is 24.0 Å². The van der Waals surface area contributed by atoms with Crippen LogP contribution in [0.4, 0.5) is 0 Å². The van der Waals surface area contributed by atoms with E-state index in [4.69, 9.17) is 26.4 Å². The number of amides is 1. The predicted molar refractivity (Wildman–Crippen MR) is 99.0 cm³/mol. The Hall–Kier alpha value is -1.09. The molecule has 0 radical (unpaired) electrons. The third-order valence-corrected chi connectivity index (χ3v) is 5.18. The van der Waals surface area contributed by atoms with Gasteiger partial charge in [0.05, 0.1) is 36.7 Å². The molecule has 1 amide bonds. The molecule has 0 saturated carbocycles. The summed E-state index contributed by atoms with van der Waals surface area (Å²) in [5.74, 6) is 1.16. The second kappa shape index (κ2) is 8.14. The second-order valence-electron chi connectivity index (χ2n) is 4.55. The van der Waals surface area contributed by atoms with Crippen LogP contribution in [0.25, 0.3) is 6.08 Å². The standard InChI is InChI=1S/C15H16BrNO4S2/c1-19-5-4-17-14(18)13(23-15(17)22)7-9-6-10(16)12(21-3)8-11(9)20-2/h6-8H,4-5H2,1-3H3/b13-7-. The third kappa shape index (κ3) is 4.06. The second-order valence-corrected chi connectivity index (χ2v) is 7.08. The topological polar surface area (TPSA) is 48.0 Å². The molecule has 0 spiro atoms. The predicted octanol–water partition coefficient (Wildman–Crippen LogP) is 3.31. The zero-order valence-corrected chi connectivity index (χ0v) is 16.1. The number of carbonyl (C=O) groups excluding carboxylic acids is 1. The normalized spacial score (nSPS) is 16.3. The fraction of sp³-hybridized carbons (Fsp3) is 0.333. The lowest BCUT2D eigenvalue weighted by atomic mass is 10.1. The molecule has 5 nitrogen and oxygen atoms in total. The van der Waals surface area contributed by atoms with Gasteiger partial charge in [0.1, 0.15) is 15.8 Å². The summed E-state index contributed by atoms with van der Waals surface area (Å²) >= 11 is 9.97. The van der Waals surface area contributed by atoms with Crippen LogP contribution in [0.15, 0.2) is 21.5 Å². The summed E-state index contributed by atoms with van der Waals surface area (Å²) in [4.78, 5) is 14.5. The van der Waals surface area contributed by atoms with Crippen molar-refractivity contribution < 1.29 is 19.0 Å². The van der Waals surface area contributed by atoms with Crippen LogP contribution < -0.4 is 9.47 Å². The Morgan fingerprint density at radius 3 is 2.57 bits per heavy atom. The molecule has 0 bridgehead atoms. The first kappa shape index (κ1) is 18.3. The molecular formula is C15H16BrNO4S2. The van der Waals surface area contributed by atoms with Crippen LogP contribution in [0.2, 0.25) is 0 Å². The molecule has 124 valence electrons. The summed E-state index contributed by atoms with van der Waals surface area (Å²) in [7, 11) is 4.75. The van der Waals surface area contributed by atoms with Crippen LogP contribution in [0.5, 0.6) is 11.5 Å². The Kier molecular flexibility index (Phi) is 6.46. The van der Waals surface area contributed by atoms with Gasteiger partial charge in [-0.2, -0.15) is 0 Å². The fourth-order valence-corrected chi connectivity index (χ4v) is 3.84. The molecule has 2 rings (SSSR count). The Morgan fingerprint density at radius 2 is 1.96 bits per heavy atom. The molecule has 1 aliphatic heterocycles. The highest BCUT2D eigenvalue weighted by molar-refractivity contribution is 9.10. The highest BCUT2D eigenvalue weighted by Crippen LogP contribution is 2.37. The number of rotatable bonds is 6. The van der Waals surface area contributed by atoms with Gasteiger partial charge in [0.25, 0.3) is 5.91 Å². The number of nitrogens with zero attached hydrogens (tertiary/aromatic N) is 1. The Balaban J connectivity index is 2.33. The van der Waals surface area contributed by atoms with E-state index in [1.54, 1.807) is 38.4 Å². The van der Waals surface area contributed by atoms with Crippen LogP contribution >= 0.6 is 39.9 Å². The Bertz CT molecular complexity index is 663. The highest BCUT2D eigenvalue weighted by atomic mass is 79.9. The molecule has 0 aromatic heterocycles. The molecule has 0 unspecified atom stereocenters. The van der Waals surface area contributed by atoms with E-state index in [2.05, 4.69) is 15.9 Å². The van der Waals surface area contributed by atoms with Crippen molar-refractivity contribution in [1.29, 1.82) is 0 Å². The van der Waals surface area contributed by atoms with E-state index < -0.39 is 0 Å². The number of benzene rings is 1.